The highest BCUT2D eigenvalue weighted by Gasteiger charge is 2.52. The molecule has 0 aromatic carbocycles. The van der Waals surface area contributed by atoms with Crippen LogP contribution in [0.2, 0.25) is 0 Å². The van der Waals surface area contributed by atoms with Crippen LogP contribution < -0.4 is 10.0 Å². The lowest BCUT2D eigenvalue weighted by Gasteiger charge is -2.39. The first-order chi connectivity index (χ1) is 16.8. The fourth-order valence-corrected chi connectivity index (χ4v) is 5.36. The van der Waals surface area contributed by atoms with Crippen LogP contribution in [0, 0.1) is 5.41 Å². The van der Waals surface area contributed by atoms with Crippen LogP contribution in [0.1, 0.15) is 63.0 Å². The summed E-state index contributed by atoms with van der Waals surface area (Å²) in [5, 5.41) is 22.6. The Bertz CT molecular complexity index is 946. The van der Waals surface area contributed by atoms with E-state index in [0.717, 1.165) is 45.3 Å². The normalized spacial score (nSPS) is 21.2. The molecule has 4 rings (SSSR count). The number of rotatable bonds is 2. The van der Waals surface area contributed by atoms with Crippen molar-refractivity contribution in [2.75, 3.05) is 13.1 Å². The summed E-state index contributed by atoms with van der Waals surface area (Å²) in [6.07, 6.45) is -4.44. The van der Waals surface area contributed by atoms with E-state index in [0.29, 0.717) is 0 Å². The molecular weight excluding hydrogens is 534 g/mol. The molecule has 4 N–H and O–H groups in total. The first-order valence-electron chi connectivity index (χ1n) is 11.4. The number of aliphatic carboxylic acids is 2. The van der Waals surface area contributed by atoms with E-state index in [9.17, 15) is 30.9 Å². The molecule has 1 aromatic rings. The van der Waals surface area contributed by atoms with Gasteiger partial charge in [-0.1, -0.05) is 0 Å². The van der Waals surface area contributed by atoms with Crippen LogP contribution in [0.5, 0.6) is 0 Å². The van der Waals surface area contributed by atoms with Gasteiger partial charge in [0.1, 0.15) is 10.8 Å². The second kappa shape index (κ2) is 11.4. The molecule has 1 aliphatic carbocycles. The monoisotopic (exact) mass is 564 g/mol. The van der Waals surface area contributed by atoms with Gasteiger partial charge in [-0.3, -0.25) is 4.68 Å². The van der Waals surface area contributed by atoms with Crippen LogP contribution in [0.15, 0.2) is 0 Å². The third kappa shape index (κ3) is 7.74. The number of aryl methyl sites for hydroxylation is 1. The van der Waals surface area contributed by atoms with Gasteiger partial charge in [0, 0.05) is 23.3 Å². The quantitative estimate of drug-likeness (QED) is 0.318. The van der Waals surface area contributed by atoms with Crippen LogP contribution in [0.25, 0.3) is 0 Å². The van der Waals surface area contributed by atoms with Crippen molar-refractivity contribution in [2.45, 2.75) is 82.6 Å². The zero-order valence-electron chi connectivity index (χ0n) is 20.4. The zero-order valence-corrected chi connectivity index (χ0v) is 21.2. The summed E-state index contributed by atoms with van der Waals surface area (Å²) in [5.74, 6) is -5.51. The van der Waals surface area contributed by atoms with Crippen molar-refractivity contribution in [1.29, 1.82) is 0 Å². The van der Waals surface area contributed by atoms with E-state index >= 15 is 0 Å². The van der Waals surface area contributed by atoms with Gasteiger partial charge in [0.05, 0.1) is 11.4 Å². The summed E-state index contributed by atoms with van der Waals surface area (Å²) in [6, 6.07) is 0.180. The molecule has 1 aromatic heterocycles. The second-order valence-electron chi connectivity index (χ2n) is 9.97. The number of nitrogens with zero attached hydrogens (tertiary/aromatic N) is 2. The van der Waals surface area contributed by atoms with Gasteiger partial charge in [-0.15, -0.1) is 4.72 Å². The minimum absolute atomic E-state index is 0.173. The highest BCUT2D eigenvalue weighted by atomic mass is 32.2. The summed E-state index contributed by atoms with van der Waals surface area (Å²) in [5.41, 5.74) is 4.25. The third-order valence-corrected chi connectivity index (χ3v) is 7.80. The fourth-order valence-electron chi connectivity index (χ4n) is 4.43. The molecule has 9 nitrogen and oxygen atoms in total. The molecule has 1 spiro atoms. The molecule has 1 saturated heterocycles. The van der Waals surface area contributed by atoms with Crippen molar-refractivity contribution < 1.29 is 50.7 Å². The molecule has 37 heavy (non-hydrogen) atoms. The first-order valence-corrected chi connectivity index (χ1v) is 12.5. The molecule has 3 aliphatic rings. The van der Waals surface area contributed by atoms with E-state index in [1.165, 1.54) is 23.4 Å². The highest BCUT2D eigenvalue weighted by Crippen LogP contribution is 2.51. The summed E-state index contributed by atoms with van der Waals surface area (Å²) in [6.45, 7) is 9.21. The number of carbonyl (C=O) groups is 2. The smallest absolute Gasteiger partial charge is 0.490 e. The number of nitrogens with one attached hydrogen (secondary N) is 2. The molecular formula is C21H30F6N4O5S. The van der Waals surface area contributed by atoms with Crippen LogP contribution in [-0.2, 0) is 40.3 Å². The average molecular weight is 565 g/mol. The Kier molecular flexibility index (Phi) is 9.58. The van der Waals surface area contributed by atoms with E-state index in [4.69, 9.17) is 24.9 Å². The molecule has 1 fully saturated rings. The van der Waals surface area contributed by atoms with E-state index in [1.54, 1.807) is 0 Å². The standard InChI is InChI=1S/C17H28N4OS.2C2HF3O2/c1-16(2,3)23(22)20-15-14-12-5-4-6-13(12)19-21(14)11-17(15)7-9-18-10-8-17;2*3-2(4,5)1(6)7/h15,18,20H,4-11H2,1-3H3;2*(H,6,7)/t15-,23?;;/m1../s1. The summed E-state index contributed by atoms with van der Waals surface area (Å²) in [7, 11) is 0. The zero-order chi connectivity index (χ0) is 28.4. The Morgan fingerprint density at radius 1 is 1.05 bits per heavy atom. The maximum absolute atomic E-state index is 12.8. The predicted octanol–water partition coefficient (Wildman–Crippen LogP) is 3.11. The van der Waals surface area contributed by atoms with Crippen molar-refractivity contribution in [1.82, 2.24) is 19.8 Å². The van der Waals surface area contributed by atoms with E-state index in [2.05, 4.69) is 14.7 Å². The molecule has 2 aliphatic heterocycles. The number of alkyl halides is 6. The molecule has 1 unspecified atom stereocenters. The lowest BCUT2D eigenvalue weighted by molar-refractivity contribution is -0.193. The maximum atomic E-state index is 12.8. The SMILES string of the molecule is CC(C)(C)[S+]([O-])N[C@@H]1c2c3c(nn2CC12CCNCC2)CCC3.O=C(O)C(F)(F)F.O=C(O)C(F)(F)F. The Balaban J connectivity index is 0.000000286. The summed E-state index contributed by atoms with van der Waals surface area (Å²) in [4.78, 5) is 17.8. The topological polar surface area (TPSA) is 140 Å². The largest absolute Gasteiger partial charge is 0.598 e. The summed E-state index contributed by atoms with van der Waals surface area (Å²) >= 11 is -1.05. The Hall–Kier alpha value is -2.04. The lowest BCUT2D eigenvalue weighted by Crippen LogP contribution is -2.49. The van der Waals surface area contributed by atoms with Crippen molar-refractivity contribution in [3.05, 3.63) is 17.0 Å². The molecule has 16 heteroatoms. The van der Waals surface area contributed by atoms with Gasteiger partial charge in [-0.25, -0.2) is 9.59 Å². The van der Waals surface area contributed by atoms with Gasteiger partial charge < -0.3 is 20.1 Å². The Morgan fingerprint density at radius 3 is 1.97 bits per heavy atom. The van der Waals surface area contributed by atoms with Crippen LogP contribution in [0.4, 0.5) is 26.3 Å². The van der Waals surface area contributed by atoms with Gasteiger partial charge in [0.25, 0.3) is 0 Å². The van der Waals surface area contributed by atoms with Crippen LogP contribution in [0.3, 0.4) is 0 Å². The number of aromatic nitrogens is 2. The molecule has 2 atom stereocenters. The maximum Gasteiger partial charge on any atom is 0.490 e. The summed E-state index contributed by atoms with van der Waals surface area (Å²) < 4.78 is 81.8. The van der Waals surface area contributed by atoms with Gasteiger partial charge in [-0.05, 0) is 71.5 Å². The van der Waals surface area contributed by atoms with Gasteiger partial charge in [0.15, 0.2) is 0 Å². The number of carboxylic acids is 2. The fraction of sp³-hybridized carbons (Fsp3) is 0.762. The lowest BCUT2D eigenvalue weighted by atomic mass is 9.73. The van der Waals surface area contributed by atoms with Crippen molar-refractivity contribution >= 4 is 23.3 Å². The van der Waals surface area contributed by atoms with Gasteiger partial charge >= 0.3 is 24.3 Å². The first kappa shape index (κ1) is 31.2. The minimum atomic E-state index is -5.08. The number of halogens is 6. The van der Waals surface area contributed by atoms with Crippen molar-refractivity contribution in [2.24, 2.45) is 5.41 Å². The average Bonchev–Trinajstić information content (AvgIpc) is 3.39. The number of fused-ring (bicyclic) bond motifs is 3. The number of piperidine rings is 1. The van der Waals surface area contributed by atoms with Crippen molar-refractivity contribution in [3.8, 4) is 0 Å². The molecule has 0 radical (unpaired) electrons. The Labute approximate surface area is 212 Å². The molecule has 0 saturated carbocycles. The predicted molar refractivity (Wildman–Crippen MR) is 120 cm³/mol. The number of hydrogen-bond acceptors (Lipinski definition) is 6. The molecule has 212 valence electrons. The van der Waals surface area contributed by atoms with Gasteiger partial charge in [0.2, 0.25) is 0 Å². The Morgan fingerprint density at radius 2 is 1.54 bits per heavy atom. The highest BCUT2D eigenvalue weighted by molar-refractivity contribution is 7.90. The second-order valence-corrected chi connectivity index (χ2v) is 12.0. The molecule has 0 amide bonds. The molecule has 0 bridgehead atoms. The number of hydrogen-bond donors (Lipinski definition) is 4. The third-order valence-electron chi connectivity index (χ3n) is 6.23. The van der Waals surface area contributed by atoms with E-state index in [1.807, 2.05) is 20.8 Å². The van der Waals surface area contributed by atoms with Crippen molar-refractivity contribution in [3.63, 3.8) is 0 Å². The molecule has 3 heterocycles. The minimum Gasteiger partial charge on any atom is -0.598 e. The van der Waals surface area contributed by atoms with Crippen LogP contribution in [-0.4, -0.2) is 66.7 Å². The van der Waals surface area contributed by atoms with E-state index in [-0.39, 0.29) is 16.2 Å². The van der Waals surface area contributed by atoms with Crippen LogP contribution >= 0.6 is 0 Å². The number of carboxylic acid groups (broad SMARTS) is 2. The van der Waals surface area contributed by atoms with E-state index < -0.39 is 35.7 Å². The van der Waals surface area contributed by atoms with Gasteiger partial charge in [-0.2, -0.15) is 31.4 Å².